The first kappa shape index (κ1) is 16.2. The number of anilines is 1. The molecule has 0 saturated heterocycles. The second kappa shape index (κ2) is 5.92. The molecule has 112 valence electrons. The number of aliphatic hydroxyl groups excluding tert-OH is 1. The van der Waals surface area contributed by atoms with Gasteiger partial charge in [-0.2, -0.15) is 0 Å². The standard InChI is InChI=1S/C12H16Br2N2O3S/c13-9-5-8(15)6-10(14)11(9)20(18,19)16-7-12(1-2-12)3-4-17/h5-6,16-17H,1-4,7,15H2. The lowest BCUT2D eigenvalue weighted by atomic mass is 10.0. The highest BCUT2D eigenvalue weighted by Gasteiger charge is 2.42. The molecule has 8 heteroatoms. The predicted octanol–water partition coefficient (Wildman–Crippen LogP) is 2.23. The molecule has 2 rings (SSSR count). The number of aliphatic hydroxyl groups is 1. The normalized spacial score (nSPS) is 17.1. The highest BCUT2D eigenvalue weighted by molar-refractivity contribution is 9.11. The molecule has 0 bridgehead atoms. The molecule has 20 heavy (non-hydrogen) atoms. The van der Waals surface area contributed by atoms with Crippen LogP contribution in [0.2, 0.25) is 0 Å². The average molecular weight is 428 g/mol. The highest BCUT2D eigenvalue weighted by Crippen LogP contribution is 2.48. The van der Waals surface area contributed by atoms with Crippen LogP contribution in [0.15, 0.2) is 26.0 Å². The van der Waals surface area contributed by atoms with Crippen LogP contribution in [-0.2, 0) is 10.0 Å². The molecule has 0 spiro atoms. The van der Waals surface area contributed by atoms with Crippen molar-refractivity contribution in [3.63, 3.8) is 0 Å². The Morgan fingerprint density at radius 2 is 1.85 bits per heavy atom. The van der Waals surface area contributed by atoms with E-state index in [-0.39, 0.29) is 16.9 Å². The number of halogens is 2. The molecule has 4 N–H and O–H groups in total. The maximum Gasteiger partial charge on any atom is 0.242 e. The highest BCUT2D eigenvalue weighted by atomic mass is 79.9. The fourth-order valence-corrected chi connectivity index (χ4v) is 5.86. The van der Waals surface area contributed by atoms with Gasteiger partial charge in [0.15, 0.2) is 0 Å². The molecular formula is C12H16Br2N2O3S. The summed E-state index contributed by atoms with van der Waals surface area (Å²) in [5.74, 6) is 0. The Balaban J connectivity index is 2.19. The van der Waals surface area contributed by atoms with Gasteiger partial charge in [0.05, 0.1) is 0 Å². The van der Waals surface area contributed by atoms with E-state index in [4.69, 9.17) is 10.8 Å². The molecule has 1 aromatic carbocycles. The van der Waals surface area contributed by atoms with Crippen LogP contribution in [0.4, 0.5) is 5.69 Å². The van der Waals surface area contributed by atoms with Crippen LogP contribution in [0, 0.1) is 5.41 Å². The van der Waals surface area contributed by atoms with Crippen molar-refractivity contribution in [1.29, 1.82) is 0 Å². The second-order valence-corrected chi connectivity index (χ2v) is 8.52. The topological polar surface area (TPSA) is 92.4 Å². The zero-order chi connectivity index (χ0) is 15.0. The Morgan fingerprint density at radius 3 is 2.30 bits per heavy atom. The quantitative estimate of drug-likeness (QED) is 0.607. The molecule has 0 heterocycles. The van der Waals surface area contributed by atoms with E-state index in [0.29, 0.717) is 27.6 Å². The number of nitrogen functional groups attached to an aromatic ring is 1. The fourth-order valence-electron chi connectivity index (χ4n) is 2.09. The minimum atomic E-state index is -3.63. The molecule has 1 fully saturated rings. The third-order valence-corrected chi connectivity index (χ3v) is 6.80. The first-order chi connectivity index (χ1) is 9.30. The van der Waals surface area contributed by atoms with E-state index in [1.54, 1.807) is 12.1 Å². The Kier molecular flexibility index (Phi) is 4.80. The molecule has 0 radical (unpaired) electrons. The number of nitrogens with two attached hydrogens (primary N) is 1. The smallest absolute Gasteiger partial charge is 0.242 e. The average Bonchev–Trinajstić information content (AvgIpc) is 3.06. The molecule has 1 aliphatic carbocycles. The summed E-state index contributed by atoms with van der Waals surface area (Å²) < 4.78 is 28.2. The Morgan fingerprint density at radius 1 is 1.30 bits per heavy atom. The lowest BCUT2D eigenvalue weighted by Crippen LogP contribution is -2.31. The van der Waals surface area contributed by atoms with Crippen molar-refractivity contribution in [1.82, 2.24) is 4.72 Å². The summed E-state index contributed by atoms with van der Waals surface area (Å²) in [7, 11) is -3.63. The van der Waals surface area contributed by atoms with Gasteiger partial charge in [-0.15, -0.1) is 0 Å². The fraction of sp³-hybridized carbons (Fsp3) is 0.500. The molecule has 1 saturated carbocycles. The van der Waals surface area contributed by atoms with Crippen molar-refractivity contribution in [3.8, 4) is 0 Å². The van der Waals surface area contributed by atoms with Gasteiger partial charge in [0.2, 0.25) is 10.0 Å². The summed E-state index contributed by atoms with van der Waals surface area (Å²) in [6.45, 7) is 0.427. The van der Waals surface area contributed by atoms with Crippen LogP contribution in [-0.4, -0.2) is 26.7 Å². The van der Waals surface area contributed by atoms with E-state index >= 15 is 0 Å². The first-order valence-electron chi connectivity index (χ1n) is 6.15. The minimum Gasteiger partial charge on any atom is -0.399 e. The molecular weight excluding hydrogens is 412 g/mol. The SMILES string of the molecule is Nc1cc(Br)c(S(=O)(=O)NCC2(CCO)CC2)c(Br)c1. The van der Waals surface area contributed by atoms with Crippen molar-refractivity contribution < 1.29 is 13.5 Å². The Hall–Kier alpha value is -0.150. The maximum atomic E-state index is 12.4. The van der Waals surface area contributed by atoms with E-state index in [1.807, 2.05) is 0 Å². The number of sulfonamides is 1. The van der Waals surface area contributed by atoms with Gasteiger partial charge in [0, 0.05) is 27.8 Å². The first-order valence-corrected chi connectivity index (χ1v) is 9.22. The zero-order valence-corrected chi connectivity index (χ0v) is 14.7. The number of rotatable bonds is 6. The number of benzene rings is 1. The molecule has 0 amide bonds. The molecule has 1 aromatic rings. The van der Waals surface area contributed by atoms with Gasteiger partial charge in [-0.3, -0.25) is 0 Å². The van der Waals surface area contributed by atoms with Gasteiger partial charge in [-0.1, -0.05) is 0 Å². The molecule has 0 aliphatic heterocycles. The van der Waals surface area contributed by atoms with Crippen molar-refractivity contribution in [2.45, 2.75) is 24.2 Å². The summed E-state index contributed by atoms with van der Waals surface area (Å²) >= 11 is 6.46. The van der Waals surface area contributed by atoms with Gasteiger partial charge in [0.25, 0.3) is 0 Å². The molecule has 0 aromatic heterocycles. The van der Waals surface area contributed by atoms with Crippen molar-refractivity contribution >= 4 is 47.6 Å². The van der Waals surface area contributed by atoms with Crippen LogP contribution in [0.1, 0.15) is 19.3 Å². The lowest BCUT2D eigenvalue weighted by molar-refractivity contribution is 0.249. The van der Waals surface area contributed by atoms with E-state index in [1.165, 1.54) is 0 Å². The van der Waals surface area contributed by atoms with Crippen LogP contribution in [0.25, 0.3) is 0 Å². The third-order valence-electron chi connectivity index (χ3n) is 3.53. The maximum absolute atomic E-state index is 12.4. The van der Waals surface area contributed by atoms with E-state index < -0.39 is 10.0 Å². The van der Waals surface area contributed by atoms with Crippen LogP contribution in [0.5, 0.6) is 0 Å². The minimum absolute atomic E-state index is 0.0748. The van der Waals surface area contributed by atoms with Gasteiger partial charge < -0.3 is 10.8 Å². The van der Waals surface area contributed by atoms with Gasteiger partial charge in [-0.05, 0) is 68.7 Å². The summed E-state index contributed by atoms with van der Waals surface area (Å²) in [5, 5.41) is 9.00. The largest absolute Gasteiger partial charge is 0.399 e. The van der Waals surface area contributed by atoms with Crippen molar-refractivity contribution in [2.75, 3.05) is 18.9 Å². The number of hydrogen-bond donors (Lipinski definition) is 3. The molecule has 5 nitrogen and oxygen atoms in total. The van der Waals surface area contributed by atoms with Crippen LogP contribution >= 0.6 is 31.9 Å². The van der Waals surface area contributed by atoms with Crippen LogP contribution < -0.4 is 10.5 Å². The van der Waals surface area contributed by atoms with Crippen molar-refractivity contribution in [3.05, 3.63) is 21.1 Å². The van der Waals surface area contributed by atoms with E-state index in [9.17, 15) is 8.42 Å². The van der Waals surface area contributed by atoms with Crippen LogP contribution in [0.3, 0.4) is 0 Å². The second-order valence-electron chi connectivity index (χ2n) is 5.11. The number of nitrogens with one attached hydrogen (secondary N) is 1. The third kappa shape index (κ3) is 3.54. The van der Waals surface area contributed by atoms with Gasteiger partial charge >= 0.3 is 0 Å². The molecule has 0 atom stereocenters. The van der Waals surface area contributed by atoms with Gasteiger partial charge in [0.1, 0.15) is 4.90 Å². The summed E-state index contributed by atoms with van der Waals surface area (Å²) in [4.78, 5) is 0.145. The summed E-state index contributed by atoms with van der Waals surface area (Å²) in [6, 6.07) is 3.11. The molecule has 0 unspecified atom stereocenters. The Bertz CT molecular complexity index is 592. The summed E-state index contributed by atoms with van der Waals surface area (Å²) in [5.41, 5.74) is 6.06. The van der Waals surface area contributed by atoms with E-state index in [0.717, 1.165) is 12.8 Å². The zero-order valence-electron chi connectivity index (χ0n) is 10.7. The van der Waals surface area contributed by atoms with E-state index in [2.05, 4.69) is 36.6 Å². The predicted molar refractivity (Wildman–Crippen MR) is 84.8 cm³/mol. The lowest BCUT2D eigenvalue weighted by Gasteiger charge is -2.16. The number of hydrogen-bond acceptors (Lipinski definition) is 4. The summed E-state index contributed by atoms with van der Waals surface area (Å²) in [6.07, 6.45) is 2.51. The molecule has 1 aliphatic rings. The van der Waals surface area contributed by atoms with Gasteiger partial charge in [-0.25, -0.2) is 13.1 Å². The monoisotopic (exact) mass is 426 g/mol. The Labute approximate surface area is 135 Å². The van der Waals surface area contributed by atoms with Crippen molar-refractivity contribution in [2.24, 2.45) is 5.41 Å².